The van der Waals surface area contributed by atoms with Gasteiger partial charge in [-0.15, -0.1) is 0 Å². The van der Waals surface area contributed by atoms with Crippen LogP contribution in [0.5, 0.6) is 0 Å². The van der Waals surface area contributed by atoms with E-state index in [2.05, 4.69) is 10.3 Å². The van der Waals surface area contributed by atoms with E-state index in [0.29, 0.717) is 31.0 Å². The number of urea groups is 1. The van der Waals surface area contributed by atoms with Crippen molar-refractivity contribution in [1.29, 1.82) is 0 Å². The highest BCUT2D eigenvalue weighted by Crippen LogP contribution is 2.23. The molecule has 30 heavy (non-hydrogen) atoms. The zero-order valence-corrected chi connectivity index (χ0v) is 19.2. The first-order valence-electron chi connectivity index (χ1n) is 10.1. The van der Waals surface area contributed by atoms with Gasteiger partial charge in [0.15, 0.2) is 0 Å². The van der Waals surface area contributed by atoms with Crippen LogP contribution in [-0.2, 0) is 26.9 Å². The average molecular weight is 437 g/mol. The Morgan fingerprint density at radius 3 is 2.50 bits per heavy atom. The molecule has 0 unspecified atom stereocenters. The van der Waals surface area contributed by atoms with Crippen LogP contribution in [0.1, 0.15) is 43.6 Å². The molecule has 0 aliphatic rings. The van der Waals surface area contributed by atoms with Crippen molar-refractivity contribution >= 4 is 15.9 Å². The predicted octanol–water partition coefficient (Wildman–Crippen LogP) is 2.92. The van der Waals surface area contributed by atoms with Crippen LogP contribution in [0.25, 0.3) is 0 Å². The predicted molar refractivity (Wildman–Crippen MR) is 116 cm³/mol. The molecule has 0 saturated heterocycles. The number of hydrogen-bond donors (Lipinski definition) is 1. The maximum absolute atomic E-state index is 13.1. The number of nitrogens with one attached hydrogen (secondary N) is 1. The molecule has 0 fully saturated rings. The zero-order valence-electron chi connectivity index (χ0n) is 18.4. The summed E-state index contributed by atoms with van der Waals surface area (Å²) in [7, 11) is -2.08. The van der Waals surface area contributed by atoms with Gasteiger partial charge in [0.1, 0.15) is 0 Å². The van der Waals surface area contributed by atoms with Gasteiger partial charge in [0.25, 0.3) is 0 Å². The Morgan fingerprint density at radius 1 is 1.27 bits per heavy atom. The number of amides is 2. The monoisotopic (exact) mass is 436 g/mol. The SMILES string of the molecule is CCNC(=O)N(CCOC)Cc1cnc(S(=O)(=O)Cc2ccc(C)cc2)n1C(C)C. The molecule has 2 rings (SSSR count). The lowest BCUT2D eigenvalue weighted by Gasteiger charge is -2.24. The summed E-state index contributed by atoms with van der Waals surface area (Å²) < 4.78 is 33.1. The van der Waals surface area contributed by atoms with Crippen molar-refractivity contribution < 1.29 is 17.9 Å². The lowest BCUT2D eigenvalue weighted by molar-refractivity contribution is 0.145. The molecular weight excluding hydrogens is 404 g/mol. The number of carbonyl (C=O) groups is 1. The first kappa shape index (κ1) is 23.9. The number of methoxy groups -OCH3 is 1. The zero-order chi connectivity index (χ0) is 22.3. The van der Waals surface area contributed by atoms with Gasteiger partial charge in [0.05, 0.1) is 30.8 Å². The van der Waals surface area contributed by atoms with E-state index in [1.807, 2.05) is 52.0 Å². The highest BCUT2D eigenvalue weighted by Gasteiger charge is 2.26. The van der Waals surface area contributed by atoms with Crippen molar-refractivity contribution in [2.45, 2.75) is 51.2 Å². The van der Waals surface area contributed by atoms with E-state index in [1.54, 1.807) is 22.8 Å². The maximum Gasteiger partial charge on any atom is 0.317 e. The fourth-order valence-corrected chi connectivity index (χ4v) is 4.76. The molecular formula is C21H32N4O4S. The lowest BCUT2D eigenvalue weighted by atomic mass is 10.2. The van der Waals surface area contributed by atoms with Crippen molar-refractivity contribution in [2.75, 3.05) is 26.8 Å². The molecule has 1 aromatic heterocycles. The third-order valence-corrected chi connectivity index (χ3v) is 6.22. The Bertz CT molecular complexity index is 936. The topological polar surface area (TPSA) is 93.5 Å². The van der Waals surface area contributed by atoms with Crippen LogP contribution in [-0.4, -0.2) is 55.7 Å². The third kappa shape index (κ3) is 6.06. The molecule has 0 saturated carbocycles. The summed E-state index contributed by atoms with van der Waals surface area (Å²) >= 11 is 0. The first-order valence-corrected chi connectivity index (χ1v) is 11.7. The van der Waals surface area contributed by atoms with E-state index in [0.717, 1.165) is 5.56 Å². The van der Waals surface area contributed by atoms with Gasteiger partial charge in [-0.1, -0.05) is 29.8 Å². The second-order valence-electron chi connectivity index (χ2n) is 7.49. The molecule has 0 aliphatic heterocycles. The van der Waals surface area contributed by atoms with Gasteiger partial charge in [-0.05, 0) is 33.3 Å². The number of ether oxygens (including phenoxy) is 1. The Morgan fingerprint density at radius 2 is 1.93 bits per heavy atom. The quantitative estimate of drug-likeness (QED) is 0.618. The van der Waals surface area contributed by atoms with Crippen LogP contribution in [0.3, 0.4) is 0 Å². The normalized spacial score (nSPS) is 11.7. The summed E-state index contributed by atoms with van der Waals surface area (Å²) in [6.45, 7) is 9.12. The molecule has 0 bridgehead atoms. The second kappa shape index (κ2) is 10.6. The number of aryl methyl sites for hydroxylation is 1. The summed E-state index contributed by atoms with van der Waals surface area (Å²) in [5, 5.41) is 2.80. The minimum Gasteiger partial charge on any atom is -0.383 e. The molecule has 1 heterocycles. The van der Waals surface area contributed by atoms with Crippen LogP contribution < -0.4 is 5.32 Å². The number of imidazole rings is 1. The Kier molecular flexibility index (Phi) is 8.43. The first-order chi connectivity index (χ1) is 14.2. The highest BCUT2D eigenvalue weighted by atomic mass is 32.2. The molecule has 1 N–H and O–H groups in total. The summed E-state index contributed by atoms with van der Waals surface area (Å²) in [5.74, 6) is -0.125. The molecule has 166 valence electrons. The summed E-state index contributed by atoms with van der Waals surface area (Å²) in [5.41, 5.74) is 2.45. The van der Waals surface area contributed by atoms with Crippen molar-refractivity contribution in [3.8, 4) is 0 Å². The summed E-state index contributed by atoms with van der Waals surface area (Å²) in [6.07, 6.45) is 1.54. The number of nitrogens with zero attached hydrogens (tertiary/aromatic N) is 3. The molecule has 8 nitrogen and oxygen atoms in total. The molecule has 0 radical (unpaired) electrons. The number of rotatable bonds is 10. The Balaban J connectivity index is 2.34. The van der Waals surface area contributed by atoms with Crippen molar-refractivity contribution in [3.05, 3.63) is 47.3 Å². The van der Waals surface area contributed by atoms with E-state index in [1.165, 1.54) is 0 Å². The molecule has 1 aromatic carbocycles. The number of aromatic nitrogens is 2. The maximum atomic E-state index is 13.1. The Labute approximate surface area is 179 Å². The molecule has 9 heteroatoms. The van der Waals surface area contributed by atoms with Gasteiger partial charge < -0.3 is 19.5 Å². The van der Waals surface area contributed by atoms with Crippen molar-refractivity contribution in [2.24, 2.45) is 0 Å². The molecule has 2 aromatic rings. The van der Waals surface area contributed by atoms with E-state index >= 15 is 0 Å². The van der Waals surface area contributed by atoms with E-state index in [4.69, 9.17) is 4.74 Å². The lowest BCUT2D eigenvalue weighted by Crippen LogP contribution is -2.41. The standard InChI is InChI=1S/C21H32N4O4S/c1-6-22-20(26)24(11-12-29-5)14-19-13-23-21(25(19)16(2)3)30(27,28)15-18-9-7-17(4)8-10-18/h7-10,13,16H,6,11-12,14-15H2,1-5H3,(H,22,26). The van der Waals surface area contributed by atoms with Gasteiger partial charge in [0.2, 0.25) is 15.0 Å². The molecule has 0 aliphatic carbocycles. The van der Waals surface area contributed by atoms with Crippen LogP contribution in [0.15, 0.2) is 35.6 Å². The van der Waals surface area contributed by atoms with Crippen molar-refractivity contribution in [3.63, 3.8) is 0 Å². The summed E-state index contributed by atoms with van der Waals surface area (Å²) in [4.78, 5) is 18.3. The van der Waals surface area contributed by atoms with E-state index < -0.39 is 9.84 Å². The fourth-order valence-electron chi connectivity index (χ4n) is 3.16. The largest absolute Gasteiger partial charge is 0.383 e. The highest BCUT2D eigenvalue weighted by molar-refractivity contribution is 7.90. The van der Waals surface area contributed by atoms with Crippen molar-refractivity contribution in [1.82, 2.24) is 19.8 Å². The van der Waals surface area contributed by atoms with Crippen LogP contribution >= 0.6 is 0 Å². The third-order valence-electron chi connectivity index (χ3n) is 4.64. The number of benzene rings is 1. The van der Waals surface area contributed by atoms with Gasteiger partial charge in [-0.3, -0.25) is 0 Å². The molecule has 2 amide bonds. The Hall–Kier alpha value is -2.39. The van der Waals surface area contributed by atoms with Gasteiger partial charge in [0, 0.05) is 26.2 Å². The van der Waals surface area contributed by atoms with Gasteiger partial charge in [-0.25, -0.2) is 18.2 Å². The van der Waals surface area contributed by atoms with Gasteiger partial charge >= 0.3 is 6.03 Å². The average Bonchev–Trinajstić information content (AvgIpc) is 3.12. The van der Waals surface area contributed by atoms with Crippen LogP contribution in [0.2, 0.25) is 0 Å². The molecule has 0 spiro atoms. The molecule has 0 atom stereocenters. The number of hydrogen-bond acceptors (Lipinski definition) is 5. The van der Waals surface area contributed by atoms with Crippen LogP contribution in [0.4, 0.5) is 4.79 Å². The smallest absolute Gasteiger partial charge is 0.317 e. The second-order valence-corrected chi connectivity index (χ2v) is 9.37. The van der Waals surface area contributed by atoms with Gasteiger partial charge in [-0.2, -0.15) is 0 Å². The van der Waals surface area contributed by atoms with Crippen LogP contribution in [0, 0.1) is 6.92 Å². The fraction of sp³-hybridized carbons (Fsp3) is 0.524. The summed E-state index contributed by atoms with van der Waals surface area (Å²) in [6, 6.07) is 7.06. The minimum atomic E-state index is -3.66. The van der Waals surface area contributed by atoms with E-state index in [9.17, 15) is 13.2 Å². The number of sulfone groups is 1. The number of carbonyl (C=O) groups excluding carboxylic acids is 1. The van der Waals surface area contributed by atoms with E-state index in [-0.39, 0.29) is 29.5 Å². The minimum absolute atomic E-state index is 0.0238.